The number of hydrogen-bond donors (Lipinski definition) is 2. The van der Waals surface area contributed by atoms with Gasteiger partial charge in [0.05, 0.1) is 12.6 Å². The van der Waals surface area contributed by atoms with E-state index in [0.29, 0.717) is 17.1 Å². The lowest BCUT2D eigenvalue weighted by Gasteiger charge is -2.43. The van der Waals surface area contributed by atoms with Gasteiger partial charge in [-0.2, -0.15) is 0 Å². The lowest BCUT2D eigenvalue weighted by Crippen LogP contribution is -2.52. The van der Waals surface area contributed by atoms with Crippen LogP contribution in [-0.2, 0) is 5.54 Å². The number of benzene rings is 1. The number of aryl methyl sites for hydroxylation is 2. The molecule has 1 aromatic carbocycles. The van der Waals surface area contributed by atoms with Crippen molar-refractivity contribution in [1.82, 2.24) is 10.5 Å². The van der Waals surface area contributed by atoms with E-state index in [2.05, 4.69) is 15.8 Å². The second kappa shape index (κ2) is 5.95. The molecule has 3 rings (SSSR count). The minimum absolute atomic E-state index is 0.248. The molecule has 1 fully saturated rings. The van der Waals surface area contributed by atoms with Crippen LogP contribution in [0.4, 0.5) is 10.5 Å². The maximum atomic E-state index is 12.4. The molecule has 0 aliphatic heterocycles. The molecule has 1 saturated carbocycles. The van der Waals surface area contributed by atoms with E-state index in [-0.39, 0.29) is 11.6 Å². The molecule has 6 nitrogen and oxygen atoms in total. The number of carbonyl (C=O) groups excluding carboxylic acids is 1. The van der Waals surface area contributed by atoms with E-state index < -0.39 is 0 Å². The number of hydrogen-bond acceptors (Lipinski definition) is 4. The highest BCUT2D eigenvalue weighted by Gasteiger charge is 2.40. The van der Waals surface area contributed by atoms with E-state index in [1.165, 1.54) is 0 Å². The first-order valence-electron chi connectivity index (χ1n) is 7.71. The van der Waals surface area contributed by atoms with Crippen LogP contribution >= 0.6 is 0 Å². The number of carbonyl (C=O) groups is 1. The van der Waals surface area contributed by atoms with Crippen LogP contribution in [0.2, 0.25) is 0 Å². The van der Waals surface area contributed by atoms with E-state index in [4.69, 9.17) is 9.26 Å². The fraction of sp³-hybridized carbons (Fsp3) is 0.412. The molecule has 0 atom stereocenters. The van der Waals surface area contributed by atoms with E-state index in [9.17, 15) is 4.79 Å². The number of nitrogens with one attached hydrogen (secondary N) is 2. The number of urea groups is 1. The molecule has 6 heteroatoms. The highest BCUT2D eigenvalue weighted by Crippen LogP contribution is 2.42. The van der Waals surface area contributed by atoms with Crippen LogP contribution in [0.15, 0.2) is 28.8 Å². The highest BCUT2D eigenvalue weighted by molar-refractivity contribution is 5.91. The predicted octanol–water partition coefficient (Wildman–Crippen LogP) is 3.50. The molecule has 23 heavy (non-hydrogen) atoms. The number of methoxy groups -OCH3 is 1. The third-order valence-corrected chi connectivity index (χ3v) is 4.45. The third kappa shape index (κ3) is 2.88. The second-order valence-corrected chi connectivity index (χ2v) is 5.95. The summed E-state index contributed by atoms with van der Waals surface area (Å²) in [5.74, 6) is 1.39. The van der Waals surface area contributed by atoms with Crippen molar-refractivity contribution in [2.45, 2.75) is 38.6 Å². The molecule has 2 amide bonds. The Morgan fingerprint density at radius 2 is 2.13 bits per heavy atom. The van der Waals surface area contributed by atoms with Gasteiger partial charge in [0.1, 0.15) is 17.1 Å². The first-order valence-corrected chi connectivity index (χ1v) is 7.71. The fourth-order valence-electron chi connectivity index (χ4n) is 2.96. The van der Waals surface area contributed by atoms with Crippen molar-refractivity contribution in [3.05, 3.63) is 41.3 Å². The van der Waals surface area contributed by atoms with E-state index in [0.717, 1.165) is 30.6 Å². The Labute approximate surface area is 135 Å². The quantitative estimate of drug-likeness (QED) is 0.905. The molecular weight excluding hydrogens is 294 g/mol. The summed E-state index contributed by atoms with van der Waals surface area (Å²) in [6, 6.07) is 7.61. The maximum Gasteiger partial charge on any atom is 0.320 e. The Balaban J connectivity index is 1.77. The monoisotopic (exact) mass is 315 g/mol. The van der Waals surface area contributed by atoms with Gasteiger partial charge in [0, 0.05) is 0 Å². The topological polar surface area (TPSA) is 76.4 Å². The Kier molecular flexibility index (Phi) is 3.98. The van der Waals surface area contributed by atoms with Gasteiger partial charge < -0.3 is 19.9 Å². The van der Waals surface area contributed by atoms with Crippen LogP contribution in [-0.4, -0.2) is 18.3 Å². The molecule has 122 valence electrons. The maximum absolute atomic E-state index is 12.4. The van der Waals surface area contributed by atoms with Gasteiger partial charge in [-0.15, -0.1) is 0 Å². The molecule has 0 spiro atoms. The molecule has 0 radical (unpaired) electrons. The predicted molar refractivity (Wildman–Crippen MR) is 86.7 cm³/mol. The normalized spacial score (nSPS) is 15.6. The number of rotatable bonds is 4. The zero-order valence-electron chi connectivity index (χ0n) is 13.6. The third-order valence-electron chi connectivity index (χ3n) is 4.45. The van der Waals surface area contributed by atoms with Gasteiger partial charge in [0.2, 0.25) is 0 Å². The summed E-state index contributed by atoms with van der Waals surface area (Å²) in [5.41, 5.74) is 2.03. The molecule has 0 bridgehead atoms. The SMILES string of the molecule is COc1cccc(C2(NC(=O)Nc3c(C)noc3C)CCC2)c1. The molecule has 2 N–H and O–H groups in total. The zero-order valence-corrected chi connectivity index (χ0v) is 13.6. The van der Waals surface area contributed by atoms with Crippen molar-refractivity contribution < 1.29 is 14.1 Å². The first kappa shape index (κ1) is 15.4. The minimum atomic E-state index is -0.336. The summed E-state index contributed by atoms with van der Waals surface area (Å²) in [5, 5.41) is 9.80. The average Bonchev–Trinajstić information content (AvgIpc) is 2.83. The standard InChI is InChI=1S/C17H21N3O3/c1-11-15(12(2)23-20-11)18-16(21)19-17(8-5-9-17)13-6-4-7-14(10-13)22-3/h4,6-7,10H,5,8-9H2,1-3H3,(H2,18,19,21). The molecule has 0 unspecified atom stereocenters. The van der Waals surface area contributed by atoms with Crippen molar-refractivity contribution >= 4 is 11.7 Å². The largest absolute Gasteiger partial charge is 0.497 e. The van der Waals surface area contributed by atoms with Crippen molar-refractivity contribution in [3.63, 3.8) is 0 Å². The lowest BCUT2D eigenvalue weighted by atomic mass is 9.72. The average molecular weight is 315 g/mol. The second-order valence-electron chi connectivity index (χ2n) is 5.95. The molecule has 1 heterocycles. The number of nitrogens with zero attached hydrogens (tertiary/aromatic N) is 1. The van der Waals surface area contributed by atoms with Crippen LogP contribution in [0, 0.1) is 13.8 Å². The van der Waals surface area contributed by atoms with Crippen LogP contribution in [0.5, 0.6) is 5.75 Å². The van der Waals surface area contributed by atoms with Gasteiger partial charge in [0.15, 0.2) is 5.76 Å². The van der Waals surface area contributed by atoms with Crippen LogP contribution in [0.25, 0.3) is 0 Å². The van der Waals surface area contributed by atoms with E-state index in [1.54, 1.807) is 21.0 Å². The van der Waals surface area contributed by atoms with E-state index in [1.807, 2.05) is 24.3 Å². The van der Waals surface area contributed by atoms with Gasteiger partial charge in [0.25, 0.3) is 0 Å². The fourth-order valence-corrected chi connectivity index (χ4v) is 2.96. The zero-order chi connectivity index (χ0) is 16.4. The molecular formula is C17H21N3O3. The summed E-state index contributed by atoms with van der Waals surface area (Å²) >= 11 is 0. The number of ether oxygens (including phenoxy) is 1. The summed E-state index contributed by atoms with van der Waals surface area (Å²) in [6.07, 6.45) is 2.91. The Morgan fingerprint density at radius 1 is 1.35 bits per heavy atom. The molecule has 1 aromatic heterocycles. The van der Waals surface area contributed by atoms with Crippen LogP contribution < -0.4 is 15.4 Å². The van der Waals surface area contributed by atoms with E-state index >= 15 is 0 Å². The van der Waals surface area contributed by atoms with Crippen molar-refractivity contribution in [2.24, 2.45) is 0 Å². The summed E-state index contributed by atoms with van der Waals surface area (Å²) in [4.78, 5) is 12.4. The Bertz CT molecular complexity index is 700. The minimum Gasteiger partial charge on any atom is -0.497 e. The van der Waals surface area contributed by atoms with Gasteiger partial charge in [-0.25, -0.2) is 4.79 Å². The number of anilines is 1. The van der Waals surface area contributed by atoms with Gasteiger partial charge in [-0.3, -0.25) is 0 Å². The van der Waals surface area contributed by atoms with Crippen molar-refractivity contribution in [2.75, 3.05) is 12.4 Å². The van der Waals surface area contributed by atoms with Gasteiger partial charge in [-0.05, 0) is 50.8 Å². The number of amides is 2. The van der Waals surface area contributed by atoms with Crippen molar-refractivity contribution in [3.8, 4) is 5.75 Å². The first-order chi connectivity index (χ1) is 11.0. The van der Waals surface area contributed by atoms with Gasteiger partial charge in [-0.1, -0.05) is 17.3 Å². The summed E-state index contributed by atoms with van der Waals surface area (Å²) in [6.45, 7) is 3.57. The molecule has 2 aromatic rings. The smallest absolute Gasteiger partial charge is 0.320 e. The summed E-state index contributed by atoms with van der Waals surface area (Å²) in [7, 11) is 1.64. The molecule has 0 saturated heterocycles. The Morgan fingerprint density at radius 3 is 2.70 bits per heavy atom. The van der Waals surface area contributed by atoms with Crippen LogP contribution in [0.1, 0.15) is 36.3 Å². The summed E-state index contributed by atoms with van der Waals surface area (Å²) < 4.78 is 10.4. The highest BCUT2D eigenvalue weighted by atomic mass is 16.5. The molecule has 1 aliphatic rings. The van der Waals surface area contributed by atoms with Crippen LogP contribution in [0.3, 0.4) is 0 Å². The Hall–Kier alpha value is -2.50. The lowest BCUT2D eigenvalue weighted by molar-refractivity contribution is 0.184. The van der Waals surface area contributed by atoms with Gasteiger partial charge >= 0.3 is 6.03 Å². The molecule has 1 aliphatic carbocycles. The number of aromatic nitrogens is 1. The van der Waals surface area contributed by atoms with Crippen molar-refractivity contribution in [1.29, 1.82) is 0 Å².